The molecular formula is C24H30N2O2. The van der Waals surface area contributed by atoms with E-state index in [0.717, 1.165) is 24.8 Å². The van der Waals surface area contributed by atoms with Gasteiger partial charge in [0.2, 0.25) is 5.91 Å². The maximum absolute atomic E-state index is 12.7. The van der Waals surface area contributed by atoms with Gasteiger partial charge in [0.15, 0.2) is 0 Å². The molecule has 1 N–H and O–H groups in total. The maximum atomic E-state index is 12.7. The van der Waals surface area contributed by atoms with Gasteiger partial charge in [-0.05, 0) is 48.4 Å². The summed E-state index contributed by atoms with van der Waals surface area (Å²) in [5.74, 6) is 0.646. The van der Waals surface area contributed by atoms with Crippen LogP contribution >= 0.6 is 0 Å². The average molecular weight is 379 g/mol. The monoisotopic (exact) mass is 378 g/mol. The third-order valence-electron chi connectivity index (χ3n) is 5.46. The zero-order valence-corrected chi connectivity index (χ0v) is 16.9. The van der Waals surface area contributed by atoms with Gasteiger partial charge in [0.05, 0.1) is 0 Å². The van der Waals surface area contributed by atoms with Gasteiger partial charge in [0.25, 0.3) is 5.91 Å². The van der Waals surface area contributed by atoms with Crippen LogP contribution in [0.15, 0.2) is 54.6 Å². The Morgan fingerprint density at radius 1 is 1.00 bits per heavy atom. The number of carbonyl (C=O) groups excluding carboxylic acids is 2. The molecule has 2 aromatic rings. The second kappa shape index (κ2) is 9.54. The van der Waals surface area contributed by atoms with E-state index >= 15 is 0 Å². The Balaban J connectivity index is 1.43. The third-order valence-corrected chi connectivity index (χ3v) is 5.46. The van der Waals surface area contributed by atoms with E-state index in [9.17, 15) is 9.59 Å². The zero-order valence-electron chi connectivity index (χ0n) is 16.9. The predicted octanol–water partition coefficient (Wildman–Crippen LogP) is 4.16. The molecule has 0 saturated carbocycles. The molecular weight excluding hydrogens is 348 g/mol. The molecule has 1 fully saturated rings. The van der Waals surface area contributed by atoms with E-state index in [1.54, 1.807) is 0 Å². The number of amides is 2. The molecule has 1 saturated heterocycles. The number of aryl methyl sites for hydroxylation is 1. The summed E-state index contributed by atoms with van der Waals surface area (Å²) >= 11 is 0. The Bertz CT molecular complexity index is 776. The standard InChI is InChI=1S/C24H30N2O2/c1-18(2)20-9-11-21(12-10-20)24(28)26-16-14-22(15-17-26)25-23(27)13-8-19-6-4-3-5-7-19/h3-7,9-12,18,22H,8,13-17H2,1-2H3,(H,25,27). The van der Waals surface area contributed by atoms with Gasteiger partial charge in [-0.15, -0.1) is 0 Å². The van der Waals surface area contributed by atoms with E-state index in [4.69, 9.17) is 0 Å². The summed E-state index contributed by atoms with van der Waals surface area (Å²) in [4.78, 5) is 26.8. The first-order valence-electron chi connectivity index (χ1n) is 10.3. The van der Waals surface area contributed by atoms with Crippen LogP contribution in [0.4, 0.5) is 0 Å². The number of piperidine rings is 1. The van der Waals surface area contributed by atoms with Crippen molar-refractivity contribution in [3.8, 4) is 0 Å². The van der Waals surface area contributed by atoms with Crippen molar-refractivity contribution in [2.24, 2.45) is 0 Å². The number of benzene rings is 2. The summed E-state index contributed by atoms with van der Waals surface area (Å²) < 4.78 is 0. The van der Waals surface area contributed by atoms with Crippen LogP contribution in [-0.4, -0.2) is 35.8 Å². The number of hydrogen-bond donors (Lipinski definition) is 1. The lowest BCUT2D eigenvalue weighted by atomic mass is 10.00. The summed E-state index contributed by atoms with van der Waals surface area (Å²) in [6.07, 6.45) is 2.89. The van der Waals surface area contributed by atoms with E-state index in [1.807, 2.05) is 59.5 Å². The fraction of sp³-hybridized carbons (Fsp3) is 0.417. The van der Waals surface area contributed by atoms with Crippen LogP contribution in [0, 0.1) is 0 Å². The van der Waals surface area contributed by atoms with Crippen molar-refractivity contribution in [3.63, 3.8) is 0 Å². The molecule has 0 atom stereocenters. The third kappa shape index (κ3) is 5.44. The van der Waals surface area contributed by atoms with Crippen LogP contribution < -0.4 is 5.32 Å². The number of rotatable bonds is 6. The van der Waals surface area contributed by atoms with Crippen LogP contribution in [0.5, 0.6) is 0 Å². The second-order valence-electron chi connectivity index (χ2n) is 7.90. The molecule has 0 aliphatic carbocycles. The van der Waals surface area contributed by atoms with Gasteiger partial charge in [0, 0.05) is 31.1 Å². The van der Waals surface area contributed by atoms with Crippen molar-refractivity contribution in [3.05, 3.63) is 71.3 Å². The lowest BCUT2D eigenvalue weighted by molar-refractivity contribution is -0.122. The minimum absolute atomic E-state index is 0.0872. The fourth-order valence-corrected chi connectivity index (χ4v) is 3.62. The van der Waals surface area contributed by atoms with E-state index in [1.165, 1.54) is 11.1 Å². The first-order valence-corrected chi connectivity index (χ1v) is 10.3. The van der Waals surface area contributed by atoms with Crippen molar-refractivity contribution >= 4 is 11.8 Å². The number of nitrogens with zero attached hydrogens (tertiary/aromatic N) is 1. The molecule has 1 aliphatic rings. The van der Waals surface area contributed by atoms with Crippen LogP contribution in [0.2, 0.25) is 0 Å². The van der Waals surface area contributed by atoms with E-state index in [0.29, 0.717) is 25.4 Å². The highest BCUT2D eigenvalue weighted by atomic mass is 16.2. The highest BCUT2D eigenvalue weighted by Crippen LogP contribution is 2.18. The molecule has 4 heteroatoms. The smallest absolute Gasteiger partial charge is 0.253 e. The van der Waals surface area contributed by atoms with Crippen molar-refractivity contribution in [2.75, 3.05) is 13.1 Å². The first kappa shape index (κ1) is 20.1. The molecule has 2 aromatic carbocycles. The van der Waals surface area contributed by atoms with Gasteiger partial charge in [-0.2, -0.15) is 0 Å². The Morgan fingerprint density at radius 3 is 2.25 bits per heavy atom. The minimum Gasteiger partial charge on any atom is -0.353 e. The van der Waals surface area contributed by atoms with Crippen molar-refractivity contribution in [2.45, 2.75) is 51.5 Å². The number of carbonyl (C=O) groups is 2. The molecule has 0 radical (unpaired) electrons. The fourth-order valence-electron chi connectivity index (χ4n) is 3.62. The van der Waals surface area contributed by atoms with Gasteiger partial charge in [-0.3, -0.25) is 9.59 Å². The summed E-state index contributed by atoms with van der Waals surface area (Å²) in [6.45, 7) is 5.67. The van der Waals surface area contributed by atoms with E-state index in [2.05, 4.69) is 19.2 Å². The SMILES string of the molecule is CC(C)c1ccc(C(=O)N2CCC(NC(=O)CCc3ccccc3)CC2)cc1. The average Bonchev–Trinajstić information content (AvgIpc) is 2.73. The van der Waals surface area contributed by atoms with Crippen LogP contribution in [0.25, 0.3) is 0 Å². The van der Waals surface area contributed by atoms with Gasteiger partial charge in [-0.1, -0.05) is 56.3 Å². The van der Waals surface area contributed by atoms with Crippen molar-refractivity contribution in [1.29, 1.82) is 0 Å². The van der Waals surface area contributed by atoms with E-state index < -0.39 is 0 Å². The Labute approximate surface area is 167 Å². The largest absolute Gasteiger partial charge is 0.353 e. The van der Waals surface area contributed by atoms with Gasteiger partial charge in [0.1, 0.15) is 0 Å². The van der Waals surface area contributed by atoms with Crippen molar-refractivity contribution in [1.82, 2.24) is 10.2 Å². The molecule has 0 spiro atoms. The highest BCUT2D eigenvalue weighted by Gasteiger charge is 2.24. The number of hydrogen-bond acceptors (Lipinski definition) is 2. The Hall–Kier alpha value is -2.62. The second-order valence-corrected chi connectivity index (χ2v) is 7.90. The predicted molar refractivity (Wildman–Crippen MR) is 112 cm³/mol. The summed E-state index contributed by atoms with van der Waals surface area (Å²) in [6, 6.07) is 18.2. The minimum atomic E-state index is 0.0872. The molecule has 2 amide bonds. The van der Waals surface area contributed by atoms with Crippen LogP contribution in [-0.2, 0) is 11.2 Å². The Morgan fingerprint density at radius 2 is 1.64 bits per heavy atom. The normalized spacial score (nSPS) is 14.9. The summed E-state index contributed by atoms with van der Waals surface area (Å²) in [7, 11) is 0. The molecule has 0 unspecified atom stereocenters. The van der Waals surface area contributed by atoms with Crippen molar-refractivity contribution < 1.29 is 9.59 Å². The molecule has 3 rings (SSSR count). The molecule has 0 bridgehead atoms. The van der Waals surface area contributed by atoms with Gasteiger partial charge >= 0.3 is 0 Å². The quantitative estimate of drug-likeness (QED) is 0.820. The molecule has 4 nitrogen and oxygen atoms in total. The highest BCUT2D eigenvalue weighted by molar-refractivity contribution is 5.94. The van der Waals surface area contributed by atoms with Gasteiger partial charge < -0.3 is 10.2 Å². The number of likely N-dealkylation sites (tertiary alicyclic amines) is 1. The lowest BCUT2D eigenvalue weighted by Crippen LogP contribution is -2.46. The molecule has 1 heterocycles. The van der Waals surface area contributed by atoms with E-state index in [-0.39, 0.29) is 17.9 Å². The molecule has 28 heavy (non-hydrogen) atoms. The van der Waals surface area contributed by atoms with Crippen LogP contribution in [0.1, 0.15) is 60.5 Å². The van der Waals surface area contributed by atoms with Crippen LogP contribution in [0.3, 0.4) is 0 Å². The molecule has 0 aromatic heterocycles. The van der Waals surface area contributed by atoms with Gasteiger partial charge in [-0.25, -0.2) is 0 Å². The lowest BCUT2D eigenvalue weighted by Gasteiger charge is -2.32. The Kier molecular flexibility index (Phi) is 6.85. The first-order chi connectivity index (χ1) is 13.5. The number of nitrogens with one attached hydrogen (secondary N) is 1. The summed E-state index contributed by atoms with van der Waals surface area (Å²) in [5, 5.41) is 3.13. The topological polar surface area (TPSA) is 49.4 Å². The molecule has 1 aliphatic heterocycles. The zero-order chi connectivity index (χ0) is 19.9. The molecule has 148 valence electrons. The summed E-state index contributed by atoms with van der Waals surface area (Å²) in [5.41, 5.74) is 3.17. The maximum Gasteiger partial charge on any atom is 0.253 e.